The Morgan fingerprint density at radius 1 is 1.00 bits per heavy atom. The second-order valence-electron chi connectivity index (χ2n) is 11.0. The summed E-state index contributed by atoms with van der Waals surface area (Å²) < 4.78 is 0. The van der Waals surface area contributed by atoms with Crippen LogP contribution < -0.4 is 5.32 Å². The Hall–Kier alpha value is -2.66. The minimum Gasteiger partial charge on any atom is -0.350 e. The monoisotopic (exact) mass is 459 g/mol. The predicted molar refractivity (Wildman–Crippen MR) is 134 cm³/mol. The first-order chi connectivity index (χ1) is 16.4. The highest BCUT2D eigenvalue weighted by molar-refractivity contribution is 5.93. The molecule has 4 aliphatic rings. The maximum absolute atomic E-state index is 14.2. The van der Waals surface area contributed by atoms with Crippen LogP contribution in [0.15, 0.2) is 60.7 Å². The molecule has 6 rings (SSSR count). The molecule has 180 valence electrons. The van der Waals surface area contributed by atoms with Gasteiger partial charge in [-0.05, 0) is 41.7 Å². The first-order valence-electron chi connectivity index (χ1n) is 12.8. The van der Waals surface area contributed by atoms with E-state index in [0.29, 0.717) is 30.8 Å². The minimum absolute atomic E-state index is 0.0270. The number of amides is 2. The lowest BCUT2D eigenvalue weighted by atomic mass is 9.57. The zero-order valence-electron chi connectivity index (χ0n) is 20.6. The smallest absolute Gasteiger partial charge is 0.248 e. The average molecular weight is 460 g/mol. The van der Waals surface area contributed by atoms with Crippen LogP contribution in [-0.2, 0) is 22.6 Å². The van der Waals surface area contributed by atoms with E-state index in [2.05, 4.69) is 54.4 Å². The molecule has 4 bridgehead atoms. The van der Waals surface area contributed by atoms with Crippen molar-refractivity contribution in [1.29, 1.82) is 0 Å². The van der Waals surface area contributed by atoms with Gasteiger partial charge in [0.15, 0.2) is 0 Å². The van der Waals surface area contributed by atoms with Crippen LogP contribution in [0.1, 0.15) is 38.3 Å². The number of nitrogens with one attached hydrogen (secondary N) is 1. The Bertz CT molecular complexity index is 1020. The molecule has 0 radical (unpaired) electrons. The van der Waals surface area contributed by atoms with Crippen molar-refractivity contribution < 1.29 is 9.59 Å². The SMILES string of the molecule is CC(=O)N1CC2CC3CN(CC(C)C)[C@@H](C2Cc2ccccc2)C31C(=O)NCc1ccccc1. The number of hydrogen-bond donors (Lipinski definition) is 1. The Morgan fingerprint density at radius 2 is 1.65 bits per heavy atom. The van der Waals surface area contributed by atoms with Crippen LogP contribution in [0, 0.1) is 23.7 Å². The Kier molecular flexibility index (Phi) is 6.24. The van der Waals surface area contributed by atoms with E-state index in [1.54, 1.807) is 6.92 Å². The fourth-order valence-electron chi connectivity index (χ4n) is 7.25. The zero-order chi connectivity index (χ0) is 23.9. The van der Waals surface area contributed by atoms with Crippen molar-refractivity contribution in [2.75, 3.05) is 19.6 Å². The van der Waals surface area contributed by atoms with E-state index >= 15 is 0 Å². The summed E-state index contributed by atoms with van der Waals surface area (Å²) in [6.45, 7) is 9.17. The lowest BCUT2D eigenvalue weighted by Gasteiger charge is -2.61. The van der Waals surface area contributed by atoms with Gasteiger partial charge in [0.05, 0.1) is 0 Å². The molecule has 4 fully saturated rings. The molecule has 5 heteroatoms. The van der Waals surface area contributed by atoms with Gasteiger partial charge in [-0.25, -0.2) is 0 Å². The van der Waals surface area contributed by atoms with Gasteiger partial charge < -0.3 is 10.2 Å². The molecule has 2 aromatic rings. The van der Waals surface area contributed by atoms with Crippen LogP contribution in [0.25, 0.3) is 0 Å². The van der Waals surface area contributed by atoms with Crippen molar-refractivity contribution in [3.8, 4) is 0 Å². The molecule has 3 saturated heterocycles. The number of carbonyl (C=O) groups is 2. The van der Waals surface area contributed by atoms with Crippen molar-refractivity contribution in [3.63, 3.8) is 0 Å². The van der Waals surface area contributed by atoms with Crippen molar-refractivity contribution in [3.05, 3.63) is 71.8 Å². The standard InChI is InChI=1S/C29H37N3O2/c1-20(2)17-31-19-25-15-24-18-32(21(3)33)29(25,28(34)30-16-23-12-8-5-9-13-23)27(31)26(24)14-22-10-6-4-7-11-22/h4-13,20,24-27H,14-19H2,1-3H3,(H,30,34)/t24?,25?,26?,27-,29?/m0/s1. The molecule has 1 N–H and O–H groups in total. The molecule has 3 aliphatic heterocycles. The third kappa shape index (κ3) is 3.84. The number of hydrogen-bond acceptors (Lipinski definition) is 3. The lowest BCUT2D eigenvalue weighted by Crippen LogP contribution is -2.77. The Morgan fingerprint density at radius 3 is 2.26 bits per heavy atom. The van der Waals surface area contributed by atoms with Gasteiger partial charge in [0.25, 0.3) is 0 Å². The number of benzene rings is 2. The molecule has 3 heterocycles. The maximum atomic E-state index is 14.2. The summed E-state index contributed by atoms with van der Waals surface area (Å²) >= 11 is 0. The van der Waals surface area contributed by atoms with E-state index in [1.807, 2.05) is 35.2 Å². The quantitative estimate of drug-likeness (QED) is 0.686. The van der Waals surface area contributed by atoms with Crippen LogP contribution >= 0.6 is 0 Å². The first-order valence-corrected chi connectivity index (χ1v) is 12.8. The van der Waals surface area contributed by atoms with E-state index in [1.165, 1.54) is 5.56 Å². The molecule has 0 aromatic heterocycles. The van der Waals surface area contributed by atoms with Crippen molar-refractivity contribution in [2.45, 2.75) is 51.7 Å². The zero-order valence-corrected chi connectivity index (χ0v) is 20.6. The van der Waals surface area contributed by atoms with Gasteiger partial charge in [-0.3, -0.25) is 14.5 Å². The molecule has 2 aromatic carbocycles. The molecule has 2 amide bonds. The third-order valence-corrected chi connectivity index (χ3v) is 8.34. The van der Waals surface area contributed by atoms with Crippen LogP contribution in [0.3, 0.4) is 0 Å². The van der Waals surface area contributed by atoms with E-state index in [9.17, 15) is 9.59 Å². The normalized spacial score (nSPS) is 30.1. The molecule has 1 saturated carbocycles. The lowest BCUT2D eigenvalue weighted by molar-refractivity contribution is -0.172. The second-order valence-corrected chi connectivity index (χ2v) is 11.0. The van der Waals surface area contributed by atoms with Gasteiger partial charge in [0.1, 0.15) is 5.54 Å². The number of likely N-dealkylation sites (tertiary alicyclic amines) is 1. The summed E-state index contributed by atoms with van der Waals surface area (Å²) in [5, 5.41) is 3.27. The van der Waals surface area contributed by atoms with Gasteiger partial charge in [-0.2, -0.15) is 0 Å². The van der Waals surface area contributed by atoms with Crippen LogP contribution in [0.2, 0.25) is 0 Å². The summed E-state index contributed by atoms with van der Waals surface area (Å²) in [7, 11) is 0. The van der Waals surface area contributed by atoms with Crippen LogP contribution in [-0.4, -0.2) is 52.8 Å². The summed E-state index contributed by atoms with van der Waals surface area (Å²) in [4.78, 5) is 31.7. The van der Waals surface area contributed by atoms with Gasteiger partial charge >= 0.3 is 0 Å². The fraction of sp³-hybridized carbons (Fsp3) is 0.517. The van der Waals surface area contributed by atoms with Gasteiger partial charge in [0.2, 0.25) is 11.8 Å². The van der Waals surface area contributed by atoms with E-state index < -0.39 is 5.54 Å². The predicted octanol–water partition coefficient (Wildman–Crippen LogP) is 3.74. The Balaban J connectivity index is 1.53. The number of fused-ring (bicyclic) bond motifs is 1. The van der Waals surface area contributed by atoms with Gasteiger partial charge in [-0.15, -0.1) is 0 Å². The molecule has 34 heavy (non-hydrogen) atoms. The molecular formula is C29H37N3O2. The van der Waals surface area contributed by atoms with Crippen LogP contribution in [0.5, 0.6) is 0 Å². The fourth-order valence-corrected chi connectivity index (χ4v) is 7.25. The molecule has 0 spiro atoms. The highest BCUT2D eigenvalue weighted by atomic mass is 16.2. The van der Waals surface area contributed by atoms with Crippen LogP contribution in [0.4, 0.5) is 0 Å². The summed E-state index contributed by atoms with van der Waals surface area (Å²) in [5.74, 6) is 1.54. The van der Waals surface area contributed by atoms with E-state index in [0.717, 1.165) is 31.5 Å². The highest BCUT2D eigenvalue weighted by Gasteiger charge is 2.71. The molecule has 4 unspecified atom stereocenters. The van der Waals surface area contributed by atoms with Crippen molar-refractivity contribution in [1.82, 2.24) is 15.1 Å². The number of carbonyl (C=O) groups excluding carboxylic acids is 2. The van der Waals surface area contributed by atoms with Gasteiger partial charge in [-0.1, -0.05) is 74.5 Å². The summed E-state index contributed by atoms with van der Waals surface area (Å²) in [6.07, 6.45) is 1.97. The van der Waals surface area contributed by atoms with Crippen molar-refractivity contribution >= 4 is 11.8 Å². The molecule has 5 nitrogen and oxygen atoms in total. The average Bonchev–Trinajstić information content (AvgIpc) is 3.08. The number of nitrogens with zero attached hydrogens (tertiary/aromatic N) is 2. The summed E-state index contributed by atoms with van der Waals surface area (Å²) in [5.41, 5.74) is 1.62. The topological polar surface area (TPSA) is 52.7 Å². The second kappa shape index (κ2) is 9.18. The molecule has 1 aliphatic carbocycles. The number of piperidine rings is 2. The van der Waals surface area contributed by atoms with Gasteiger partial charge in [0, 0.05) is 45.1 Å². The summed E-state index contributed by atoms with van der Waals surface area (Å²) in [6, 6.07) is 20.8. The van der Waals surface area contributed by atoms with E-state index in [-0.39, 0.29) is 23.8 Å². The van der Waals surface area contributed by atoms with E-state index in [4.69, 9.17) is 0 Å². The number of rotatable bonds is 7. The Labute approximate surface area is 203 Å². The molecular weight excluding hydrogens is 422 g/mol. The van der Waals surface area contributed by atoms with Crippen molar-refractivity contribution in [2.24, 2.45) is 23.7 Å². The first kappa shape index (κ1) is 23.1. The maximum Gasteiger partial charge on any atom is 0.248 e. The minimum atomic E-state index is -0.788. The largest absolute Gasteiger partial charge is 0.350 e. The molecule has 5 atom stereocenters. The third-order valence-electron chi connectivity index (χ3n) is 8.34. The highest BCUT2D eigenvalue weighted by Crippen LogP contribution is 2.57.